The van der Waals surface area contributed by atoms with Gasteiger partial charge in [-0.15, -0.1) is 0 Å². The summed E-state index contributed by atoms with van der Waals surface area (Å²) in [5.41, 5.74) is 0.528. The molecule has 0 radical (unpaired) electrons. The zero-order chi connectivity index (χ0) is 13.7. The Labute approximate surface area is 111 Å². The molecule has 0 aromatic heterocycles. The van der Waals surface area contributed by atoms with Gasteiger partial charge in [-0.1, -0.05) is 12.1 Å². The highest BCUT2D eigenvalue weighted by Gasteiger charge is 2.21. The van der Waals surface area contributed by atoms with Gasteiger partial charge in [0.15, 0.2) is 0 Å². The molecule has 1 fully saturated rings. The molecule has 1 saturated heterocycles. The summed E-state index contributed by atoms with van der Waals surface area (Å²) in [6, 6.07) is 5.85. The minimum atomic E-state index is -0.904. The van der Waals surface area contributed by atoms with Gasteiger partial charge < -0.3 is 9.84 Å². The third-order valence-electron chi connectivity index (χ3n) is 3.39. The lowest BCUT2D eigenvalue weighted by Gasteiger charge is -2.27. The topological polar surface area (TPSA) is 49.8 Å². The van der Waals surface area contributed by atoms with Crippen molar-refractivity contribution in [2.45, 2.75) is 12.3 Å². The van der Waals surface area contributed by atoms with Crippen molar-refractivity contribution in [2.24, 2.45) is 0 Å². The van der Waals surface area contributed by atoms with Crippen LogP contribution in [-0.4, -0.2) is 48.8 Å². The number of hydrogen-bond acceptors (Lipinski definition) is 3. The summed E-state index contributed by atoms with van der Waals surface area (Å²) in [5, 5.41) is 9.28. The number of rotatable bonds is 5. The highest BCUT2D eigenvalue weighted by molar-refractivity contribution is 5.76. The number of morpholine rings is 1. The van der Waals surface area contributed by atoms with Crippen molar-refractivity contribution >= 4 is 5.97 Å². The first kappa shape index (κ1) is 14.0. The molecule has 1 aromatic rings. The molecule has 19 heavy (non-hydrogen) atoms. The van der Waals surface area contributed by atoms with Gasteiger partial charge in [0.05, 0.1) is 19.1 Å². The lowest BCUT2D eigenvalue weighted by atomic mass is 9.95. The van der Waals surface area contributed by atoms with E-state index < -0.39 is 17.7 Å². The summed E-state index contributed by atoms with van der Waals surface area (Å²) < 4.78 is 18.4. The van der Waals surface area contributed by atoms with Crippen LogP contribution in [0.2, 0.25) is 0 Å². The van der Waals surface area contributed by atoms with Crippen molar-refractivity contribution in [3.8, 4) is 0 Å². The fourth-order valence-electron chi connectivity index (χ4n) is 2.29. The molecule has 1 atom stereocenters. The number of hydrogen-bond donors (Lipinski definition) is 1. The minimum absolute atomic E-state index is 0.393. The summed E-state index contributed by atoms with van der Waals surface area (Å²) in [6.07, 6.45) is 0.485. The molecule has 1 unspecified atom stereocenters. The Bertz CT molecular complexity index is 432. The van der Waals surface area contributed by atoms with Gasteiger partial charge in [-0.05, 0) is 30.7 Å². The van der Waals surface area contributed by atoms with Crippen LogP contribution in [0.15, 0.2) is 24.3 Å². The average Bonchev–Trinajstić information content (AvgIpc) is 2.40. The lowest BCUT2D eigenvalue weighted by Crippen LogP contribution is -2.37. The van der Waals surface area contributed by atoms with Crippen molar-refractivity contribution in [3.63, 3.8) is 0 Å². The molecule has 0 spiro atoms. The molecule has 0 saturated carbocycles. The zero-order valence-corrected chi connectivity index (χ0v) is 10.7. The van der Waals surface area contributed by atoms with Crippen LogP contribution in [0.25, 0.3) is 0 Å². The molecular formula is C14H18FNO3. The summed E-state index contributed by atoms with van der Waals surface area (Å²) in [7, 11) is 0. The van der Waals surface area contributed by atoms with Gasteiger partial charge in [0.1, 0.15) is 5.82 Å². The first-order valence-electron chi connectivity index (χ1n) is 6.45. The van der Waals surface area contributed by atoms with E-state index in [-0.39, 0.29) is 0 Å². The number of carboxylic acids is 1. The maximum absolute atomic E-state index is 13.2. The SMILES string of the molecule is O=C(O)C(CCN1CCOCC1)c1cccc(F)c1. The Morgan fingerprint density at radius 2 is 2.16 bits per heavy atom. The second-order valence-corrected chi connectivity index (χ2v) is 4.69. The van der Waals surface area contributed by atoms with Gasteiger partial charge in [0.25, 0.3) is 0 Å². The van der Waals surface area contributed by atoms with Crippen LogP contribution >= 0.6 is 0 Å². The van der Waals surface area contributed by atoms with E-state index in [0.717, 1.165) is 13.1 Å². The van der Waals surface area contributed by atoms with Crippen LogP contribution in [0, 0.1) is 5.82 Å². The summed E-state index contributed by atoms with van der Waals surface area (Å²) in [6.45, 7) is 3.73. The number of aliphatic carboxylic acids is 1. The zero-order valence-electron chi connectivity index (χ0n) is 10.7. The molecular weight excluding hydrogens is 249 g/mol. The van der Waals surface area contributed by atoms with Crippen molar-refractivity contribution < 1.29 is 19.0 Å². The molecule has 0 aliphatic carbocycles. The Balaban J connectivity index is 1.98. The number of nitrogens with zero attached hydrogens (tertiary/aromatic N) is 1. The van der Waals surface area contributed by atoms with Gasteiger partial charge in [0.2, 0.25) is 0 Å². The van der Waals surface area contributed by atoms with E-state index in [4.69, 9.17) is 4.74 Å². The van der Waals surface area contributed by atoms with Crippen LogP contribution in [0.1, 0.15) is 17.9 Å². The van der Waals surface area contributed by atoms with E-state index >= 15 is 0 Å². The van der Waals surface area contributed by atoms with E-state index in [9.17, 15) is 14.3 Å². The van der Waals surface area contributed by atoms with E-state index in [1.165, 1.54) is 12.1 Å². The third kappa shape index (κ3) is 4.01. The van der Waals surface area contributed by atoms with Crippen LogP contribution in [0.5, 0.6) is 0 Å². The first-order chi connectivity index (χ1) is 9.16. The predicted octanol–water partition coefficient (Wildman–Crippen LogP) is 1.72. The minimum Gasteiger partial charge on any atom is -0.481 e. The number of carboxylic acid groups (broad SMARTS) is 1. The lowest BCUT2D eigenvalue weighted by molar-refractivity contribution is -0.139. The molecule has 1 heterocycles. The smallest absolute Gasteiger partial charge is 0.311 e. The van der Waals surface area contributed by atoms with Crippen molar-refractivity contribution in [1.82, 2.24) is 4.90 Å². The number of carbonyl (C=O) groups is 1. The van der Waals surface area contributed by atoms with Gasteiger partial charge in [-0.3, -0.25) is 9.69 Å². The highest BCUT2D eigenvalue weighted by atomic mass is 19.1. The largest absolute Gasteiger partial charge is 0.481 e. The average molecular weight is 267 g/mol. The molecule has 1 N–H and O–H groups in total. The molecule has 1 aliphatic rings. The van der Waals surface area contributed by atoms with Crippen molar-refractivity contribution in [2.75, 3.05) is 32.8 Å². The van der Waals surface area contributed by atoms with E-state index in [0.29, 0.717) is 31.7 Å². The van der Waals surface area contributed by atoms with Crippen molar-refractivity contribution in [1.29, 1.82) is 0 Å². The summed E-state index contributed by atoms with van der Waals surface area (Å²) in [5.74, 6) is -1.95. The summed E-state index contributed by atoms with van der Waals surface area (Å²) in [4.78, 5) is 13.5. The van der Waals surface area contributed by atoms with Crippen LogP contribution in [0.3, 0.4) is 0 Å². The summed E-state index contributed by atoms with van der Waals surface area (Å²) >= 11 is 0. The van der Waals surface area contributed by atoms with E-state index in [1.807, 2.05) is 0 Å². The molecule has 104 valence electrons. The Hall–Kier alpha value is -1.46. The van der Waals surface area contributed by atoms with Gasteiger partial charge >= 0.3 is 5.97 Å². The van der Waals surface area contributed by atoms with Gasteiger partial charge in [0, 0.05) is 13.1 Å². The maximum Gasteiger partial charge on any atom is 0.311 e. The number of halogens is 1. The first-order valence-corrected chi connectivity index (χ1v) is 6.45. The van der Waals surface area contributed by atoms with Crippen molar-refractivity contribution in [3.05, 3.63) is 35.6 Å². The quantitative estimate of drug-likeness (QED) is 0.882. The normalized spacial score (nSPS) is 18.2. The molecule has 1 aliphatic heterocycles. The monoisotopic (exact) mass is 267 g/mol. The van der Waals surface area contributed by atoms with Crippen LogP contribution in [0.4, 0.5) is 4.39 Å². The standard InChI is InChI=1S/C14H18FNO3/c15-12-3-1-2-11(10-12)13(14(17)18)4-5-16-6-8-19-9-7-16/h1-3,10,13H,4-9H2,(H,17,18). The Morgan fingerprint density at radius 1 is 1.42 bits per heavy atom. The third-order valence-corrected chi connectivity index (χ3v) is 3.39. The molecule has 2 rings (SSSR count). The molecule has 0 amide bonds. The van der Waals surface area contributed by atoms with Crippen LogP contribution < -0.4 is 0 Å². The van der Waals surface area contributed by atoms with Gasteiger partial charge in [-0.2, -0.15) is 0 Å². The molecule has 5 heteroatoms. The predicted molar refractivity (Wildman–Crippen MR) is 68.7 cm³/mol. The van der Waals surface area contributed by atoms with E-state index in [1.54, 1.807) is 12.1 Å². The molecule has 0 bridgehead atoms. The van der Waals surface area contributed by atoms with Crippen LogP contribution in [-0.2, 0) is 9.53 Å². The van der Waals surface area contributed by atoms with E-state index in [2.05, 4.69) is 4.90 Å². The fourth-order valence-corrected chi connectivity index (χ4v) is 2.29. The molecule has 1 aromatic carbocycles. The molecule has 4 nitrogen and oxygen atoms in total. The maximum atomic E-state index is 13.2. The Kier molecular flexibility index (Phi) is 4.87. The van der Waals surface area contributed by atoms with Gasteiger partial charge in [-0.25, -0.2) is 4.39 Å². The second kappa shape index (κ2) is 6.63. The fraction of sp³-hybridized carbons (Fsp3) is 0.500. The Morgan fingerprint density at radius 3 is 2.79 bits per heavy atom. The highest BCUT2D eigenvalue weighted by Crippen LogP contribution is 2.21. The number of ether oxygens (including phenoxy) is 1. The second-order valence-electron chi connectivity index (χ2n) is 4.69. The number of benzene rings is 1.